The summed E-state index contributed by atoms with van der Waals surface area (Å²) >= 11 is 12.7. The van der Waals surface area contributed by atoms with E-state index in [-0.39, 0.29) is 38.3 Å². The SMILES string of the molecule is CC1CCC(C(C)C)C(OCC(=O)N(Cc2ccc(Cl)cc2Cl)C2C=C(C(=O)NCCO)C3c4ccccc4OC3C2O)C1. The van der Waals surface area contributed by atoms with Crippen LogP contribution in [0.2, 0.25) is 10.0 Å². The molecule has 1 saturated carbocycles. The number of rotatable bonds is 10. The minimum atomic E-state index is -1.16. The first-order valence-electron chi connectivity index (χ1n) is 15.5. The molecule has 7 unspecified atom stereocenters. The van der Waals surface area contributed by atoms with Crippen LogP contribution in [0.5, 0.6) is 5.75 Å². The summed E-state index contributed by atoms with van der Waals surface area (Å²) in [7, 11) is 0. The van der Waals surface area contributed by atoms with E-state index < -0.39 is 30.1 Å². The van der Waals surface area contributed by atoms with E-state index >= 15 is 0 Å². The molecule has 1 fully saturated rings. The van der Waals surface area contributed by atoms with Gasteiger partial charge in [0.2, 0.25) is 11.8 Å². The van der Waals surface area contributed by atoms with Crippen LogP contribution in [-0.4, -0.2) is 71.0 Å². The number of nitrogens with zero attached hydrogens (tertiary/aromatic N) is 1. The first kappa shape index (κ1) is 32.8. The van der Waals surface area contributed by atoms with Gasteiger partial charge in [0.15, 0.2) is 0 Å². The van der Waals surface area contributed by atoms with Crippen LogP contribution in [0.4, 0.5) is 0 Å². The number of carbonyl (C=O) groups is 2. The molecular weight excluding hydrogens is 603 g/mol. The molecule has 0 bridgehead atoms. The van der Waals surface area contributed by atoms with Crippen LogP contribution in [0.25, 0.3) is 0 Å². The predicted molar refractivity (Wildman–Crippen MR) is 170 cm³/mol. The lowest BCUT2D eigenvalue weighted by Gasteiger charge is -2.41. The Hall–Kier alpha value is -2.62. The molecule has 0 saturated heterocycles. The first-order chi connectivity index (χ1) is 21.1. The van der Waals surface area contributed by atoms with Crippen LogP contribution in [0.1, 0.15) is 57.1 Å². The minimum Gasteiger partial charge on any atom is -0.486 e. The van der Waals surface area contributed by atoms with Gasteiger partial charge in [0.1, 0.15) is 24.6 Å². The van der Waals surface area contributed by atoms with E-state index in [4.69, 9.17) is 32.7 Å². The molecule has 3 aliphatic rings. The molecule has 238 valence electrons. The number of amides is 2. The normalized spacial score (nSPS) is 27.6. The Morgan fingerprint density at radius 2 is 1.93 bits per heavy atom. The molecule has 8 nitrogen and oxygen atoms in total. The van der Waals surface area contributed by atoms with E-state index in [1.807, 2.05) is 18.2 Å². The molecule has 10 heteroatoms. The third-order valence-corrected chi connectivity index (χ3v) is 9.88. The van der Waals surface area contributed by atoms with E-state index in [0.717, 1.165) is 24.8 Å². The second-order valence-electron chi connectivity index (χ2n) is 12.6. The number of fused-ring (bicyclic) bond motifs is 3. The fourth-order valence-corrected chi connectivity index (χ4v) is 7.42. The molecule has 0 spiro atoms. The molecule has 5 rings (SSSR count). The Balaban J connectivity index is 1.49. The zero-order valence-corrected chi connectivity index (χ0v) is 26.9. The summed E-state index contributed by atoms with van der Waals surface area (Å²) in [5.41, 5.74) is 1.79. The maximum Gasteiger partial charge on any atom is 0.249 e. The van der Waals surface area contributed by atoms with E-state index in [1.165, 1.54) is 4.90 Å². The number of halogens is 2. The van der Waals surface area contributed by atoms with Crippen LogP contribution in [0.3, 0.4) is 0 Å². The maximum atomic E-state index is 14.1. The third-order valence-electron chi connectivity index (χ3n) is 9.30. The lowest BCUT2D eigenvalue weighted by atomic mass is 9.75. The third kappa shape index (κ3) is 6.95. The Morgan fingerprint density at radius 3 is 2.66 bits per heavy atom. The van der Waals surface area contributed by atoms with Crippen molar-refractivity contribution in [3.8, 4) is 5.75 Å². The Kier molecular flexibility index (Phi) is 10.6. The molecule has 44 heavy (non-hydrogen) atoms. The number of hydrogen-bond donors (Lipinski definition) is 3. The maximum absolute atomic E-state index is 14.1. The number of hydrogen-bond acceptors (Lipinski definition) is 6. The molecule has 0 radical (unpaired) electrons. The van der Waals surface area contributed by atoms with E-state index in [2.05, 4.69) is 26.1 Å². The van der Waals surface area contributed by atoms with Crippen molar-refractivity contribution in [1.82, 2.24) is 10.2 Å². The second kappa shape index (κ2) is 14.2. The molecule has 2 aromatic carbocycles. The number of ether oxygens (including phenoxy) is 2. The largest absolute Gasteiger partial charge is 0.486 e. The summed E-state index contributed by atoms with van der Waals surface area (Å²) in [5.74, 6) is 0.598. The lowest BCUT2D eigenvalue weighted by Crippen LogP contribution is -2.56. The van der Waals surface area contributed by atoms with Crippen LogP contribution < -0.4 is 10.1 Å². The van der Waals surface area contributed by atoms with Gasteiger partial charge in [0.25, 0.3) is 0 Å². The summed E-state index contributed by atoms with van der Waals surface area (Å²) in [4.78, 5) is 29.1. The highest BCUT2D eigenvalue weighted by Gasteiger charge is 2.50. The summed E-state index contributed by atoms with van der Waals surface area (Å²) < 4.78 is 12.6. The summed E-state index contributed by atoms with van der Waals surface area (Å²) in [6, 6.07) is 11.5. The molecule has 1 aliphatic heterocycles. The number of para-hydroxylation sites is 1. The van der Waals surface area contributed by atoms with Gasteiger partial charge < -0.3 is 29.9 Å². The van der Waals surface area contributed by atoms with Crippen molar-refractivity contribution in [2.24, 2.45) is 17.8 Å². The molecule has 7 atom stereocenters. The Bertz CT molecular complexity index is 1380. The zero-order chi connectivity index (χ0) is 31.5. The molecule has 3 N–H and O–H groups in total. The van der Waals surface area contributed by atoms with E-state index in [0.29, 0.717) is 44.7 Å². The second-order valence-corrected chi connectivity index (χ2v) is 13.5. The van der Waals surface area contributed by atoms with Gasteiger partial charge in [-0.1, -0.05) is 74.7 Å². The van der Waals surface area contributed by atoms with Crippen LogP contribution in [0, 0.1) is 17.8 Å². The van der Waals surface area contributed by atoms with Crippen molar-refractivity contribution in [2.75, 3.05) is 19.8 Å². The smallest absolute Gasteiger partial charge is 0.249 e. The monoisotopic (exact) mass is 644 g/mol. The Labute approximate surface area is 269 Å². The average Bonchev–Trinajstić information content (AvgIpc) is 3.39. The van der Waals surface area contributed by atoms with E-state index in [1.54, 1.807) is 30.3 Å². The topological polar surface area (TPSA) is 108 Å². The van der Waals surface area contributed by atoms with Gasteiger partial charge in [0.05, 0.1) is 24.7 Å². The van der Waals surface area contributed by atoms with Gasteiger partial charge in [-0.3, -0.25) is 9.59 Å². The highest BCUT2D eigenvalue weighted by Crippen LogP contribution is 2.47. The van der Waals surface area contributed by atoms with Crippen molar-refractivity contribution in [3.63, 3.8) is 0 Å². The van der Waals surface area contributed by atoms with Gasteiger partial charge in [-0.2, -0.15) is 0 Å². The van der Waals surface area contributed by atoms with Gasteiger partial charge in [-0.25, -0.2) is 0 Å². The van der Waals surface area contributed by atoms with Crippen LogP contribution in [-0.2, 0) is 20.9 Å². The van der Waals surface area contributed by atoms with Gasteiger partial charge >= 0.3 is 0 Å². The number of aliphatic hydroxyl groups is 2. The number of aliphatic hydroxyl groups excluding tert-OH is 2. The number of benzene rings is 2. The van der Waals surface area contributed by atoms with Gasteiger partial charge in [-0.15, -0.1) is 0 Å². The van der Waals surface area contributed by atoms with Crippen molar-refractivity contribution in [2.45, 2.75) is 76.9 Å². The first-order valence-corrected chi connectivity index (χ1v) is 16.2. The average molecular weight is 646 g/mol. The highest BCUT2D eigenvalue weighted by atomic mass is 35.5. The van der Waals surface area contributed by atoms with Crippen molar-refractivity contribution < 1.29 is 29.3 Å². The quantitative estimate of drug-likeness (QED) is 0.331. The Morgan fingerprint density at radius 1 is 1.16 bits per heavy atom. The molecule has 0 aromatic heterocycles. The fourth-order valence-electron chi connectivity index (χ4n) is 6.95. The number of carbonyl (C=O) groups excluding carboxylic acids is 2. The fraction of sp³-hybridized carbons (Fsp3) is 0.529. The van der Waals surface area contributed by atoms with Gasteiger partial charge in [-0.05, 0) is 60.4 Å². The van der Waals surface area contributed by atoms with Gasteiger partial charge in [0, 0.05) is 34.3 Å². The molecule has 2 aromatic rings. The lowest BCUT2D eigenvalue weighted by molar-refractivity contribution is -0.148. The summed E-state index contributed by atoms with van der Waals surface area (Å²) in [6.07, 6.45) is 2.73. The van der Waals surface area contributed by atoms with E-state index in [9.17, 15) is 19.8 Å². The predicted octanol–water partition coefficient (Wildman–Crippen LogP) is 5.12. The van der Waals surface area contributed by atoms with Crippen molar-refractivity contribution >= 4 is 35.0 Å². The summed E-state index contributed by atoms with van der Waals surface area (Å²) in [6.45, 7) is 6.32. The molecular formula is C34H42Cl2N2O6. The number of nitrogens with one attached hydrogen (secondary N) is 1. The molecule has 2 aliphatic carbocycles. The van der Waals surface area contributed by atoms with Crippen molar-refractivity contribution in [1.29, 1.82) is 0 Å². The van der Waals surface area contributed by atoms with Crippen LogP contribution >= 0.6 is 23.2 Å². The molecule has 1 heterocycles. The summed E-state index contributed by atoms with van der Waals surface area (Å²) in [5, 5.41) is 24.8. The zero-order valence-electron chi connectivity index (χ0n) is 25.4. The standard InChI is InChI=1S/C34H42Cl2N2O6/c1-19(2)23-11-8-20(3)14-29(23)43-18-30(40)38(17-21-9-10-22(35)15-26(21)36)27-16-25(34(42)37-12-13-39)31-24-6-4-5-7-28(24)44-33(31)32(27)41/h4-7,9-10,15-16,19-20,23,27,29,31-33,39,41H,8,11-14,17-18H2,1-3H3,(H,37,42). The minimum absolute atomic E-state index is 0.0487. The highest BCUT2D eigenvalue weighted by molar-refractivity contribution is 6.35. The van der Waals surface area contributed by atoms with Crippen LogP contribution in [0.15, 0.2) is 54.1 Å². The van der Waals surface area contributed by atoms with Crippen molar-refractivity contribution in [3.05, 3.63) is 75.3 Å². The molecule has 2 amide bonds.